The van der Waals surface area contributed by atoms with Gasteiger partial charge in [0.2, 0.25) is 5.88 Å². The molecule has 0 aliphatic heterocycles. The van der Waals surface area contributed by atoms with E-state index in [1.807, 2.05) is 0 Å². The molecule has 0 aliphatic carbocycles. The summed E-state index contributed by atoms with van der Waals surface area (Å²) in [6.45, 7) is 0. The summed E-state index contributed by atoms with van der Waals surface area (Å²) in [6, 6.07) is 7.91. The first-order chi connectivity index (χ1) is 8.60. The highest BCUT2D eigenvalue weighted by Gasteiger charge is 2.05. The summed E-state index contributed by atoms with van der Waals surface area (Å²) < 4.78 is 18.5. The van der Waals surface area contributed by atoms with Crippen LogP contribution >= 0.6 is 15.9 Å². The number of nitrogens with two attached hydrogens (primary N) is 1. The van der Waals surface area contributed by atoms with Crippen LogP contribution in [0, 0.1) is 5.82 Å². The molecule has 0 unspecified atom stereocenters. The van der Waals surface area contributed by atoms with E-state index in [0.29, 0.717) is 27.5 Å². The van der Waals surface area contributed by atoms with Crippen LogP contribution in [-0.4, -0.2) is 12.1 Å². The van der Waals surface area contributed by atoms with E-state index >= 15 is 0 Å². The van der Waals surface area contributed by atoms with Crippen LogP contribution in [0.25, 0.3) is 0 Å². The molecule has 4 nitrogen and oxygen atoms in total. The van der Waals surface area contributed by atoms with Crippen molar-refractivity contribution in [1.82, 2.24) is 4.98 Å². The van der Waals surface area contributed by atoms with Crippen molar-refractivity contribution in [3.8, 4) is 5.88 Å². The molecule has 0 saturated heterocycles. The standard InChI is InChI=1S/C12H11BrFN3O/c1-18-11-5-4-10(15)12(17-11)16-7-2-3-9(14)8(13)6-7/h2-6H,15H2,1H3,(H,16,17). The maximum Gasteiger partial charge on any atom is 0.215 e. The number of hydrogen-bond donors (Lipinski definition) is 2. The highest BCUT2D eigenvalue weighted by atomic mass is 79.9. The van der Waals surface area contributed by atoms with Crippen LogP contribution in [0.1, 0.15) is 0 Å². The molecular weight excluding hydrogens is 301 g/mol. The Balaban J connectivity index is 2.30. The Morgan fingerprint density at radius 1 is 1.33 bits per heavy atom. The zero-order valence-corrected chi connectivity index (χ0v) is 11.2. The second-order valence-electron chi connectivity index (χ2n) is 3.55. The fourth-order valence-electron chi connectivity index (χ4n) is 1.38. The first-order valence-electron chi connectivity index (χ1n) is 5.12. The van der Waals surface area contributed by atoms with E-state index in [1.165, 1.54) is 13.2 Å². The average Bonchev–Trinajstić information content (AvgIpc) is 2.36. The van der Waals surface area contributed by atoms with Crippen molar-refractivity contribution in [3.63, 3.8) is 0 Å². The lowest BCUT2D eigenvalue weighted by molar-refractivity contribution is 0.398. The molecule has 94 valence electrons. The summed E-state index contributed by atoms with van der Waals surface area (Å²) >= 11 is 3.11. The van der Waals surface area contributed by atoms with Gasteiger partial charge in [-0.2, -0.15) is 4.98 Å². The molecule has 0 atom stereocenters. The van der Waals surface area contributed by atoms with Crippen molar-refractivity contribution < 1.29 is 9.13 Å². The van der Waals surface area contributed by atoms with Gasteiger partial charge in [-0.1, -0.05) is 0 Å². The Morgan fingerprint density at radius 2 is 2.11 bits per heavy atom. The number of nitrogens with zero attached hydrogens (tertiary/aromatic N) is 1. The number of nitrogens with one attached hydrogen (secondary N) is 1. The van der Waals surface area contributed by atoms with Crippen LogP contribution in [0.2, 0.25) is 0 Å². The van der Waals surface area contributed by atoms with Crippen LogP contribution in [0.5, 0.6) is 5.88 Å². The fourth-order valence-corrected chi connectivity index (χ4v) is 1.76. The molecule has 0 saturated carbocycles. The Bertz CT molecular complexity index is 577. The third-order valence-electron chi connectivity index (χ3n) is 2.29. The van der Waals surface area contributed by atoms with E-state index in [9.17, 15) is 4.39 Å². The summed E-state index contributed by atoms with van der Waals surface area (Å²) in [5, 5.41) is 3.00. The number of hydrogen-bond acceptors (Lipinski definition) is 4. The third kappa shape index (κ3) is 2.70. The van der Waals surface area contributed by atoms with Crippen molar-refractivity contribution in [2.24, 2.45) is 0 Å². The molecule has 2 aromatic rings. The van der Waals surface area contributed by atoms with Gasteiger partial charge in [0.15, 0.2) is 5.82 Å². The maximum absolute atomic E-state index is 13.1. The normalized spacial score (nSPS) is 10.2. The minimum atomic E-state index is -0.327. The maximum atomic E-state index is 13.1. The zero-order chi connectivity index (χ0) is 13.1. The molecule has 2 rings (SSSR count). The quantitative estimate of drug-likeness (QED) is 0.913. The lowest BCUT2D eigenvalue weighted by Gasteiger charge is -2.10. The molecule has 0 amide bonds. The largest absolute Gasteiger partial charge is 0.481 e. The van der Waals surface area contributed by atoms with Gasteiger partial charge in [0.05, 0.1) is 17.3 Å². The molecule has 3 N–H and O–H groups in total. The lowest BCUT2D eigenvalue weighted by Crippen LogP contribution is -2.00. The number of aromatic nitrogens is 1. The molecule has 0 radical (unpaired) electrons. The Labute approximate surface area is 112 Å². The molecule has 1 aromatic carbocycles. The predicted molar refractivity (Wildman–Crippen MR) is 72.6 cm³/mol. The number of rotatable bonds is 3. The van der Waals surface area contributed by atoms with E-state index in [4.69, 9.17) is 10.5 Å². The van der Waals surface area contributed by atoms with Crippen LogP contribution in [0.15, 0.2) is 34.8 Å². The Morgan fingerprint density at radius 3 is 2.78 bits per heavy atom. The Kier molecular flexibility index (Phi) is 3.66. The van der Waals surface area contributed by atoms with Crippen LogP contribution in [-0.2, 0) is 0 Å². The first-order valence-corrected chi connectivity index (χ1v) is 5.92. The molecule has 1 heterocycles. The van der Waals surface area contributed by atoms with Gasteiger partial charge in [-0.25, -0.2) is 4.39 Å². The van der Waals surface area contributed by atoms with Gasteiger partial charge in [-0.05, 0) is 40.2 Å². The van der Waals surface area contributed by atoms with Gasteiger partial charge in [0, 0.05) is 11.8 Å². The Hall–Kier alpha value is -1.82. The summed E-state index contributed by atoms with van der Waals surface area (Å²) in [4.78, 5) is 4.17. The summed E-state index contributed by atoms with van der Waals surface area (Å²) in [7, 11) is 1.52. The number of ether oxygens (including phenoxy) is 1. The van der Waals surface area contributed by atoms with Gasteiger partial charge in [0.1, 0.15) is 5.82 Å². The van der Waals surface area contributed by atoms with E-state index < -0.39 is 0 Å². The van der Waals surface area contributed by atoms with Crippen molar-refractivity contribution in [2.75, 3.05) is 18.2 Å². The molecule has 0 fully saturated rings. The molecule has 0 aliphatic rings. The molecule has 0 bridgehead atoms. The van der Waals surface area contributed by atoms with Gasteiger partial charge in [-0.3, -0.25) is 0 Å². The van der Waals surface area contributed by atoms with E-state index in [-0.39, 0.29) is 5.82 Å². The molecule has 18 heavy (non-hydrogen) atoms. The predicted octanol–water partition coefficient (Wildman–Crippen LogP) is 3.32. The second-order valence-corrected chi connectivity index (χ2v) is 4.40. The van der Waals surface area contributed by atoms with Crippen molar-refractivity contribution >= 4 is 33.1 Å². The number of methoxy groups -OCH3 is 1. The van der Waals surface area contributed by atoms with Gasteiger partial charge >= 0.3 is 0 Å². The number of pyridine rings is 1. The van der Waals surface area contributed by atoms with Crippen molar-refractivity contribution in [1.29, 1.82) is 0 Å². The first kappa shape index (κ1) is 12.6. The summed E-state index contributed by atoms with van der Waals surface area (Å²) in [5.74, 6) is 0.591. The van der Waals surface area contributed by atoms with Crippen molar-refractivity contribution in [2.45, 2.75) is 0 Å². The highest BCUT2D eigenvalue weighted by Crippen LogP contribution is 2.26. The molecule has 6 heteroatoms. The lowest BCUT2D eigenvalue weighted by atomic mass is 10.3. The van der Waals surface area contributed by atoms with E-state index in [0.717, 1.165) is 0 Å². The second kappa shape index (κ2) is 5.22. The summed E-state index contributed by atoms with van der Waals surface area (Å²) in [5.41, 5.74) is 6.95. The van der Waals surface area contributed by atoms with Gasteiger partial charge in [-0.15, -0.1) is 0 Å². The van der Waals surface area contributed by atoms with Gasteiger partial charge in [0.25, 0.3) is 0 Å². The topological polar surface area (TPSA) is 60.2 Å². The van der Waals surface area contributed by atoms with E-state index in [1.54, 1.807) is 24.3 Å². The smallest absolute Gasteiger partial charge is 0.215 e. The zero-order valence-electron chi connectivity index (χ0n) is 9.58. The molecule has 0 spiro atoms. The molecule has 1 aromatic heterocycles. The van der Waals surface area contributed by atoms with Crippen molar-refractivity contribution in [3.05, 3.63) is 40.6 Å². The number of benzene rings is 1. The minimum absolute atomic E-state index is 0.327. The highest BCUT2D eigenvalue weighted by molar-refractivity contribution is 9.10. The fraction of sp³-hybridized carbons (Fsp3) is 0.0833. The minimum Gasteiger partial charge on any atom is -0.481 e. The van der Waals surface area contributed by atoms with Gasteiger partial charge < -0.3 is 15.8 Å². The SMILES string of the molecule is COc1ccc(N)c(Nc2ccc(F)c(Br)c2)n1. The van der Waals surface area contributed by atoms with Crippen LogP contribution in [0.3, 0.4) is 0 Å². The van der Waals surface area contributed by atoms with E-state index in [2.05, 4.69) is 26.2 Å². The number of anilines is 3. The number of nitrogen functional groups attached to an aromatic ring is 1. The summed E-state index contributed by atoms with van der Waals surface area (Å²) in [6.07, 6.45) is 0. The van der Waals surface area contributed by atoms with Crippen LogP contribution < -0.4 is 15.8 Å². The number of halogens is 2. The van der Waals surface area contributed by atoms with Crippen LogP contribution in [0.4, 0.5) is 21.6 Å². The average molecular weight is 312 g/mol. The third-order valence-corrected chi connectivity index (χ3v) is 2.90. The monoisotopic (exact) mass is 311 g/mol. The molecular formula is C12H11BrFN3O.